The summed E-state index contributed by atoms with van der Waals surface area (Å²) in [4.78, 5) is 1.42. The maximum Gasteiger partial charge on any atom is 0.243 e. The molecule has 1 aromatic heterocycles. The van der Waals surface area contributed by atoms with Crippen molar-refractivity contribution in [2.24, 2.45) is 0 Å². The zero-order valence-electron chi connectivity index (χ0n) is 11.6. The molecule has 1 aromatic carbocycles. The van der Waals surface area contributed by atoms with Gasteiger partial charge in [0.2, 0.25) is 10.0 Å². The maximum atomic E-state index is 13.0. The summed E-state index contributed by atoms with van der Waals surface area (Å²) in [5.74, 6) is -0.431. The molecule has 1 unspecified atom stereocenters. The normalized spacial score (nSPS) is 19.4. The van der Waals surface area contributed by atoms with E-state index < -0.39 is 15.8 Å². The van der Waals surface area contributed by atoms with Gasteiger partial charge in [0.25, 0.3) is 0 Å². The fourth-order valence-electron chi connectivity index (χ4n) is 2.83. The molecule has 0 saturated carbocycles. The smallest absolute Gasteiger partial charge is 0.207 e. The number of benzene rings is 1. The maximum absolute atomic E-state index is 13.0. The number of hydrogen-bond donors (Lipinski definition) is 0. The molecule has 2 heterocycles. The van der Waals surface area contributed by atoms with E-state index in [1.807, 2.05) is 18.4 Å². The molecule has 1 aliphatic heterocycles. The SMILES string of the molecule is CCC1c2ccsc2CCN1S(=O)(=O)c1ccc(F)cc1. The Hall–Kier alpha value is -1.24. The Morgan fingerprint density at radius 2 is 2.00 bits per heavy atom. The van der Waals surface area contributed by atoms with Gasteiger partial charge in [0, 0.05) is 11.4 Å². The average molecular weight is 325 g/mol. The van der Waals surface area contributed by atoms with Crippen molar-refractivity contribution in [2.75, 3.05) is 6.54 Å². The number of sulfonamides is 1. The van der Waals surface area contributed by atoms with Gasteiger partial charge in [0.1, 0.15) is 5.82 Å². The molecule has 112 valence electrons. The van der Waals surface area contributed by atoms with Crippen LogP contribution in [0.5, 0.6) is 0 Å². The number of fused-ring (bicyclic) bond motifs is 1. The van der Waals surface area contributed by atoms with Crippen LogP contribution in [0.4, 0.5) is 4.39 Å². The topological polar surface area (TPSA) is 37.4 Å². The molecule has 0 amide bonds. The third-order valence-corrected chi connectivity index (χ3v) is 6.77. The number of rotatable bonds is 3. The Morgan fingerprint density at radius 3 is 2.67 bits per heavy atom. The lowest BCUT2D eigenvalue weighted by Gasteiger charge is -2.34. The van der Waals surface area contributed by atoms with Crippen molar-refractivity contribution in [3.63, 3.8) is 0 Å². The van der Waals surface area contributed by atoms with Crippen molar-refractivity contribution in [1.82, 2.24) is 4.31 Å². The fourth-order valence-corrected chi connectivity index (χ4v) is 5.43. The van der Waals surface area contributed by atoms with Crippen LogP contribution in [-0.4, -0.2) is 19.3 Å². The molecular weight excluding hydrogens is 309 g/mol. The Morgan fingerprint density at radius 1 is 1.29 bits per heavy atom. The van der Waals surface area contributed by atoms with E-state index in [1.54, 1.807) is 15.6 Å². The first kappa shape index (κ1) is 14.7. The number of hydrogen-bond acceptors (Lipinski definition) is 3. The van der Waals surface area contributed by atoms with Crippen LogP contribution in [0, 0.1) is 5.82 Å². The van der Waals surface area contributed by atoms with E-state index >= 15 is 0 Å². The summed E-state index contributed by atoms with van der Waals surface area (Å²) in [6.07, 6.45) is 1.47. The minimum atomic E-state index is -3.59. The number of halogens is 1. The standard InChI is InChI=1S/C15H16FNO2S2/c1-2-14-13-8-10-20-15(13)7-9-17(14)21(18,19)12-5-3-11(16)4-6-12/h3-6,8,10,14H,2,7,9H2,1H3. The Bertz CT molecular complexity index is 737. The van der Waals surface area contributed by atoms with E-state index in [1.165, 1.54) is 29.1 Å². The summed E-state index contributed by atoms with van der Waals surface area (Å²) in [6.45, 7) is 2.47. The summed E-state index contributed by atoms with van der Waals surface area (Å²) in [5, 5.41) is 2.02. The van der Waals surface area contributed by atoms with Gasteiger partial charge in [-0.1, -0.05) is 6.92 Å². The van der Waals surface area contributed by atoms with E-state index in [9.17, 15) is 12.8 Å². The summed E-state index contributed by atoms with van der Waals surface area (Å²) >= 11 is 1.68. The van der Waals surface area contributed by atoms with Crippen LogP contribution in [0.2, 0.25) is 0 Å². The van der Waals surface area contributed by atoms with E-state index in [0.717, 1.165) is 18.4 Å². The van der Waals surface area contributed by atoms with E-state index in [0.29, 0.717) is 6.54 Å². The third kappa shape index (κ3) is 2.52. The molecule has 2 aromatic rings. The van der Waals surface area contributed by atoms with Gasteiger partial charge in [0.05, 0.1) is 10.9 Å². The van der Waals surface area contributed by atoms with Gasteiger partial charge in [0.15, 0.2) is 0 Å². The summed E-state index contributed by atoms with van der Waals surface area (Å²) in [7, 11) is -3.59. The number of thiophene rings is 1. The van der Waals surface area contributed by atoms with Crippen molar-refractivity contribution in [3.8, 4) is 0 Å². The van der Waals surface area contributed by atoms with Gasteiger partial charge < -0.3 is 0 Å². The highest BCUT2D eigenvalue weighted by molar-refractivity contribution is 7.89. The van der Waals surface area contributed by atoms with Gasteiger partial charge in [-0.3, -0.25) is 0 Å². The molecule has 0 radical (unpaired) electrons. The molecule has 0 aliphatic carbocycles. The molecule has 3 rings (SSSR count). The van der Waals surface area contributed by atoms with Gasteiger partial charge in [-0.25, -0.2) is 12.8 Å². The van der Waals surface area contributed by atoms with Crippen LogP contribution < -0.4 is 0 Å². The third-order valence-electron chi connectivity index (χ3n) is 3.85. The minimum Gasteiger partial charge on any atom is -0.207 e. The monoisotopic (exact) mass is 325 g/mol. The highest BCUT2D eigenvalue weighted by Gasteiger charge is 2.35. The Balaban J connectivity index is 2.01. The Labute approximate surface area is 128 Å². The van der Waals surface area contributed by atoms with Crippen molar-refractivity contribution in [1.29, 1.82) is 0 Å². The summed E-state index contributed by atoms with van der Waals surface area (Å²) < 4.78 is 40.2. The lowest BCUT2D eigenvalue weighted by molar-refractivity contribution is 0.303. The molecule has 1 atom stereocenters. The zero-order valence-corrected chi connectivity index (χ0v) is 13.3. The van der Waals surface area contributed by atoms with E-state index in [-0.39, 0.29) is 10.9 Å². The van der Waals surface area contributed by atoms with Crippen LogP contribution in [0.3, 0.4) is 0 Å². The Kier molecular flexibility index (Phi) is 3.86. The van der Waals surface area contributed by atoms with E-state index in [2.05, 4.69) is 0 Å². The van der Waals surface area contributed by atoms with Gasteiger partial charge in [-0.15, -0.1) is 11.3 Å². The van der Waals surface area contributed by atoms with Crippen LogP contribution in [0.15, 0.2) is 40.6 Å². The number of nitrogens with zero attached hydrogens (tertiary/aromatic N) is 1. The largest absolute Gasteiger partial charge is 0.243 e. The molecule has 0 spiro atoms. The van der Waals surface area contributed by atoms with Gasteiger partial charge >= 0.3 is 0 Å². The van der Waals surface area contributed by atoms with Crippen LogP contribution >= 0.6 is 11.3 Å². The van der Waals surface area contributed by atoms with Crippen molar-refractivity contribution in [2.45, 2.75) is 30.7 Å². The minimum absolute atomic E-state index is 0.130. The predicted octanol–water partition coefficient (Wildman–Crippen LogP) is 3.59. The van der Waals surface area contributed by atoms with Crippen LogP contribution in [-0.2, 0) is 16.4 Å². The van der Waals surface area contributed by atoms with Gasteiger partial charge in [-0.2, -0.15) is 4.31 Å². The fraction of sp³-hybridized carbons (Fsp3) is 0.333. The molecule has 0 saturated heterocycles. The molecule has 21 heavy (non-hydrogen) atoms. The molecule has 1 aliphatic rings. The molecule has 0 fully saturated rings. The first-order valence-electron chi connectivity index (χ1n) is 6.87. The average Bonchev–Trinajstić information content (AvgIpc) is 2.95. The second-order valence-electron chi connectivity index (χ2n) is 5.04. The highest BCUT2D eigenvalue weighted by atomic mass is 32.2. The highest BCUT2D eigenvalue weighted by Crippen LogP contribution is 2.38. The molecular formula is C15H16FNO2S2. The summed E-state index contributed by atoms with van der Waals surface area (Å²) in [5.41, 5.74) is 1.11. The lowest BCUT2D eigenvalue weighted by atomic mass is 10.0. The molecule has 3 nitrogen and oxygen atoms in total. The van der Waals surface area contributed by atoms with Gasteiger partial charge in [-0.05, 0) is 54.1 Å². The van der Waals surface area contributed by atoms with Crippen LogP contribution in [0.25, 0.3) is 0 Å². The first-order chi connectivity index (χ1) is 10.0. The second kappa shape index (κ2) is 5.51. The predicted molar refractivity (Wildman–Crippen MR) is 81.3 cm³/mol. The van der Waals surface area contributed by atoms with Crippen molar-refractivity contribution >= 4 is 21.4 Å². The van der Waals surface area contributed by atoms with Crippen molar-refractivity contribution in [3.05, 3.63) is 52.0 Å². The second-order valence-corrected chi connectivity index (χ2v) is 7.93. The molecule has 0 N–H and O–H groups in total. The quantitative estimate of drug-likeness (QED) is 0.865. The zero-order chi connectivity index (χ0) is 15.0. The lowest BCUT2D eigenvalue weighted by Crippen LogP contribution is -2.39. The molecule has 0 bridgehead atoms. The van der Waals surface area contributed by atoms with Crippen LogP contribution in [0.1, 0.15) is 29.8 Å². The molecule has 6 heteroatoms. The summed E-state index contributed by atoms with van der Waals surface area (Å²) in [6, 6.07) is 6.93. The first-order valence-corrected chi connectivity index (χ1v) is 9.19. The van der Waals surface area contributed by atoms with Crippen molar-refractivity contribution < 1.29 is 12.8 Å². The van der Waals surface area contributed by atoms with E-state index in [4.69, 9.17) is 0 Å².